The monoisotopic (exact) mass is 355 g/mol. The Morgan fingerprint density at radius 3 is 2.52 bits per heavy atom. The third kappa shape index (κ3) is 3.76. The quantitative estimate of drug-likeness (QED) is 0.626. The Balaban J connectivity index is 2.40. The van der Waals surface area contributed by atoms with E-state index in [0.717, 1.165) is 18.2 Å². The highest BCUT2D eigenvalue weighted by molar-refractivity contribution is 7.92. The number of nitro benzene ring substituents is 1. The van der Waals surface area contributed by atoms with E-state index in [1.807, 2.05) is 0 Å². The van der Waals surface area contributed by atoms with Gasteiger partial charge in [0.1, 0.15) is 5.02 Å². The van der Waals surface area contributed by atoms with Gasteiger partial charge in [0.25, 0.3) is 15.7 Å². The number of anilines is 1. The molecule has 2 rings (SSSR count). The van der Waals surface area contributed by atoms with Crippen LogP contribution in [0.5, 0.6) is 0 Å². The summed E-state index contributed by atoms with van der Waals surface area (Å²) >= 11 is 5.65. The molecule has 8 nitrogen and oxygen atoms in total. The minimum absolute atomic E-state index is 0.0962. The Hall–Kier alpha value is -2.65. The van der Waals surface area contributed by atoms with Crippen LogP contribution in [0.15, 0.2) is 47.4 Å². The number of benzene rings is 2. The van der Waals surface area contributed by atoms with E-state index in [0.29, 0.717) is 0 Å². The first kappa shape index (κ1) is 16.7. The Bertz CT molecular complexity index is 898. The van der Waals surface area contributed by atoms with E-state index < -0.39 is 26.5 Å². The highest BCUT2D eigenvalue weighted by atomic mass is 35.5. The van der Waals surface area contributed by atoms with Crippen LogP contribution in [0.2, 0.25) is 5.02 Å². The summed E-state index contributed by atoms with van der Waals surface area (Å²) in [5.41, 5.74) is 4.81. The highest BCUT2D eigenvalue weighted by Crippen LogP contribution is 2.28. The summed E-state index contributed by atoms with van der Waals surface area (Å²) in [6.07, 6.45) is 0. The maximum atomic E-state index is 12.3. The number of nitrogens with zero attached hydrogens (tertiary/aromatic N) is 1. The molecular weight excluding hydrogens is 346 g/mol. The van der Waals surface area contributed by atoms with Crippen molar-refractivity contribution in [3.63, 3.8) is 0 Å². The predicted octanol–water partition coefficient (Wildman–Crippen LogP) is 2.15. The van der Waals surface area contributed by atoms with Gasteiger partial charge in [0.15, 0.2) is 0 Å². The summed E-state index contributed by atoms with van der Waals surface area (Å²) < 4.78 is 26.8. The average Bonchev–Trinajstić information content (AvgIpc) is 2.46. The van der Waals surface area contributed by atoms with E-state index in [2.05, 4.69) is 4.72 Å². The van der Waals surface area contributed by atoms with Gasteiger partial charge in [-0.2, -0.15) is 0 Å². The fraction of sp³-hybridized carbons (Fsp3) is 0. The summed E-state index contributed by atoms with van der Waals surface area (Å²) in [5, 5.41) is 10.7. The SMILES string of the molecule is NC(=O)c1cccc(NS(=O)(=O)c2ccc(Cl)c([N+](=O)[O-])c2)c1. The summed E-state index contributed by atoms with van der Waals surface area (Å²) in [5.74, 6) is -0.715. The number of primary amides is 1. The van der Waals surface area contributed by atoms with Gasteiger partial charge in [-0.3, -0.25) is 19.6 Å². The Morgan fingerprint density at radius 1 is 1.22 bits per heavy atom. The first-order valence-electron chi connectivity index (χ1n) is 6.07. The number of nitro groups is 1. The van der Waals surface area contributed by atoms with Gasteiger partial charge in [-0.1, -0.05) is 17.7 Å². The minimum atomic E-state index is -4.09. The van der Waals surface area contributed by atoms with Crippen LogP contribution in [0, 0.1) is 10.1 Å². The molecule has 0 bridgehead atoms. The Labute approximate surface area is 136 Å². The lowest BCUT2D eigenvalue weighted by molar-refractivity contribution is -0.384. The predicted molar refractivity (Wildman–Crippen MR) is 83.9 cm³/mol. The molecule has 0 fully saturated rings. The number of sulfonamides is 1. The van der Waals surface area contributed by atoms with Crippen molar-refractivity contribution in [2.24, 2.45) is 5.73 Å². The highest BCUT2D eigenvalue weighted by Gasteiger charge is 2.21. The molecule has 0 heterocycles. The molecule has 1 amide bonds. The zero-order valence-electron chi connectivity index (χ0n) is 11.4. The van der Waals surface area contributed by atoms with E-state index >= 15 is 0 Å². The molecule has 3 N–H and O–H groups in total. The van der Waals surface area contributed by atoms with Gasteiger partial charge in [0.05, 0.1) is 9.82 Å². The number of halogens is 1. The third-order valence-electron chi connectivity index (χ3n) is 2.82. The number of rotatable bonds is 5. The molecule has 0 unspecified atom stereocenters. The van der Waals surface area contributed by atoms with Crippen molar-refractivity contribution >= 4 is 38.9 Å². The molecule has 10 heteroatoms. The zero-order chi connectivity index (χ0) is 17.2. The number of nitrogens with two attached hydrogens (primary N) is 1. The van der Waals surface area contributed by atoms with Gasteiger partial charge in [-0.05, 0) is 30.3 Å². The first-order valence-corrected chi connectivity index (χ1v) is 7.93. The zero-order valence-corrected chi connectivity index (χ0v) is 13.0. The van der Waals surface area contributed by atoms with E-state index in [1.165, 1.54) is 24.3 Å². The van der Waals surface area contributed by atoms with Gasteiger partial charge in [0, 0.05) is 17.3 Å². The minimum Gasteiger partial charge on any atom is -0.366 e. The second-order valence-electron chi connectivity index (χ2n) is 4.42. The second-order valence-corrected chi connectivity index (χ2v) is 6.51. The molecule has 0 aromatic heterocycles. The Kier molecular flexibility index (Phi) is 4.52. The van der Waals surface area contributed by atoms with Crippen LogP contribution in [-0.2, 0) is 10.0 Å². The first-order chi connectivity index (χ1) is 10.7. The number of hydrogen-bond donors (Lipinski definition) is 2. The number of nitrogens with one attached hydrogen (secondary N) is 1. The fourth-order valence-electron chi connectivity index (χ4n) is 1.75. The molecule has 23 heavy (non-hydrogen) atoms. The van der Waals surface area contributed by atoms with Crippen LogP contribution >= 0.6 is 11.6 Å². The fourth-order valence-corrected chi connectivity index (χ4v) is 3.01. The number of amides is 1. The smallest absolute Gasteiger partial charge is 0.289 e. The van der Waals surface area contributed by atoms with Crippen molar-refractivity contribution in [1.82, 2.24) is 0 Å². The standard InChI is InChI=1S/C13H10ClN3O5S/c14-11-5-4-10(7-12(11)17(19)20)23(21,22)16-9-3-1-2-8(6-9)13(15)18/h1-7,16H,(H2,15,18). The van der Waals surface area contributed by atoms with E-state index in [9.17, 15) is 23.3 Å². The van der Waals surface area contributed by atoms with E-state index in [4.69, 9.17) is 17.3 Å². The maximum absolute atomic E-state index is 12.3. The largest absolute Gasteiger partial charge is 0.366 e. The molecule has 0 spiro atoms. The lowest BCUT2D eigenvalue weighted by Gasteiger charge is -2.09. The van der Waals surface area contributed by atoms with Gasteiger partial charge in [-0.25, -0.2) is 8.42 Å². The Morgan fingerprint density at radius 2 is 1.91 bits per heavy atom. The molecule has 0 aliphatic heterocycles. The number of hydrogen-bond acceptors (Lipinski definition) is 5. The van der Waals surface area contributed by atoms with Crippen LogP contribution < -0.4 is 10.5 Å². The molecule has 0 saturated carbocycles. The topological polar surface area (TPSA) is 132 Å². The third-order valence-corrected chi connectivity index (χ3v) is 4.52. The molecule has 0 radical (unpaired) electrons. The molecular formula is C13H10ClN3O5S. The lowest BCUT2D eigenvalue weighted by atomic mass is 10.2. The van der Waals surface area contributed by atoms with Crippen molar-refractivity contribution in [2.75, 3.05) is 4.72 Å². The lowest BCUT2D eigenvalue weighted by Crippen LogP contribution is -2.15. The van der Waals surface area contributed by atoms with Crippen LogP contribution in [0.25, 0.3) is 0 Å². The molecule has 0 atom stereocenters. The average molecular weight is 356 g/mol. The summed E-state index contributed by atoms with van der Waals surface area (Å²) in [6, 6.07) is 8.64. The summed E-state index contributed by atoms with van der Waals surface area (Å²) in [7, 11) is -4.09. The normalized spacial score (nSPS) is 11.0. The van der Waals surface area contributed by atoms with Gasteiger partial charge in [0.2, 0.25) is 5.91 Å². The van der Waals surface area contributed by atoms with E-state index in [-0.39, 0.29) is 21.2 Å². The maximum Gasteiger partial charge on any atom is 0.289 e. The van der Waals surface area contributed by atoms with Crippen molar-refractivity contribution in [3.8, 4) is 0 Å². The molecule has 0 aliphatic carbocycles. The van der Waals surface area contributed by atoms with Crippen molar-refractivity contribution < 1.29 is 18.1 Å². The summed E-state index contributed by atoms with van der Waals surface area (Å²) in [4.78, 5) is 20.8. The second kappa shape index (κ2) is 6.23. The number of carbonyl (C=O) groups excluding carboxylic acids is 1. The molecule has 2 aromatic rings. The van der Waals surface area contributed by atoms with Crippen LogP contribution in [0.4, 0.5) is 11.4 Å². The van der Waals surface area contributed by atoms with Crippen LogP contribution in [0.1, 0.15) is 10.4 Å². The molecule has 120 valence electrons. The molecule has 0 saturated heterocycles. The van der Waals surface area contributed by atoms with Crippen molar-refractivity contribution in [1.29, 1.82) is 0 Å². The van der Waals surface area contributed by atoms with Crippen molar-refractivity contribution in [2.45, 2.75) is 4.90 Å². The van der Waals surface area contributed by atoms with Crippen molar-refractivity contribution in [3.05, 3.63) is 63.2 Å². The molecule has 0 aliphatic rings. The van der Waals surface area contributed by atoms with Gasteiger partial charge >= 0.3 is 0 Å². The van der Waals surface area contributed by atoms with Gasteiger partial charge < -0.3 is 5.73 Å². The summed E-state index contributed by atoms with van der Waals surface area (Å²) in [6.45, 7) is 0. The van der Waals surface area contributed by atoms with E-state index in [1.54, 1.807) is 0 Å². The van der Waals surface area contributed by atoms with Crippen LogP contribution in [-0.4, -0.2) is 19.2 Å². The molecule has 2 aromatic carbocycles. The number of carbonyl (C=O) groups is 1. The van der Waals surface area contributed by atoms with Crippen LogP contribution in [0.3, 0.4) is 0 Å². The van der Waals surface area contributed by atoms with Gasteiger partial charge in [-0.15, -0.1) is 0 Å².